The molecular formula is C16H14ClFN4O2S. The van der Waals surface area contributed by atoms with Crippen LogP contribution in [0.25, 0.3) is 11.6 Å². The predicted octanol–water partition coefficient (Wildman–Crippen LogP) is 3.99. The molecule has 25 heavy (non-hydrogen) atoms. The fourth-order valence-electron chi connectivity index (χ4n) is 2.07. The van der Waals surface area contributed by atoms with Crippen molar-refractivity contribution in [1.29, 1.82) is 0 Å². The van der Waals surface area contributed by atoms with Crippen molar-refractivity contribution < 1.29 is 13.6 Å². The van der Waals surface area contributed by atoms with E-state index in [-0.39, 0.29) is 16.6 Å². The zero-order valence-electron chi connectivity index (χ0n) is 13.4. The van der Waals surface area contributed by atoms with Gasteiger partial charge in [-0.05, 0) is 37.3 Å². The number of nitrogens with zero attached hydrogens (tertiary/aromatic N) is 3. The van der Waals surface area contributed by atoms with Gasteiger partial charge in [-0.25, -0.2) is 4.39 Å². The molecule has 0 saturated carbocycles. The molecule has 3 aromatic rings. The van der Waals surface area contributed by atoms with Crippen molar-refractivity contribution in [3.8, 4) is 11.6 Å². The van der Waals surface area contributed by atoms with Crippen LogP contribution in [-0.4, -0.2) is 25.9 Å². The molecule has 0 bridgehead atoms. The van der Waals surface area contributed by atoms with Gasteiger partial charge in [0, 0.05) is 12.1 Å². The van der Waals surface area contributed by atoms with Crippen molar-refractivity contribution in [2.45, 2.75) is 17.3 Å². The summed E-state index contributed by atoms with van der Waals surface area (Å²) in [6.07, 6.45) is 1.55. The topological polar surface area (TPSA) is 73.0 Å². The summed E-state index contributed by atoms with van der Waals surface area (Å²) in [5, 5.41) is 11.0. The zero-order chi connectivity index (χ0) is 18.0. The molecule has 0 fully saturated rings. The summed E-state index contributed by atoms with van der Waals surface area (Å²) in [5.41, 5.74) is 0.0797. The molecule has 1 aromatic carbocycles. The number of furan rings is 1. The van der Waals surface area contributed by atoms with Gasteiger partial charge in [-0.2, -0.15) is 0 Å². The molecular weight excluding hydrogens is 367 g/mol. The number of halogens is 2. The molecule has 0 aliphatic heterocycles. The second-order valence-corrected chi connectivity index (χ2v) is 6.96. The summed E-state index contributed by atoms with van der Waals surface area (Å²) in [6.45, 7) is 1.70. The fraction of sp³-hybridized carbons (Fsp3) is 0.188. The highest BCUT2D eigenvalue weighted by Gasteiger charge is 2.21. The monoisotopic (exact) mass is 380 g/mol. The lowest BCUT2D eigenvalue weighted by molar-refractivity contribution is -0.115. The van der Waals surface area contributed by atoms with Crippen LogP contribution in [0.1, 0.15) is 6.92 Å². The van der Waals surface area contributed by atoms with Crippen molar-refractivity contribution in [3.63, 3.8) is 0 Å². The first kappa shape index (κ1) is 17.5. The minimum absolute atomic E-state index is 0.0797. The molecule has 6 nitrogen and oxygen atoms in total. The van der Waals surface area contributed by atoms with Crippen LogP contribution in [0.5, 0.6) is 0 Å². The van der Waals surface area contributed by atoms with Gasteiger partial charge in [0.05, 0.1) is 17.2 Å². The van der Waals surface area contributed by atoms with Crippen molar-refractivity contribution in [2.75, 3.05) is 5.32 Å². The highest BCUT2D eigenvalue weighted by molar-refractivity contribution is 8.00. The molecule has 0 spiro atoms. The Hall–Kier alpha value is -2.32. The number of rotatable bonds is 5. The van der Waals surface area contributed by atoms with E-state index in [0.717, 1.165) is 6.07 Å². The molecule has 0 aliphatic rings. The van der Waals surface area contributed by atoms with Crippen LogP contribution in [-0.2, 0) is 11.8 Å². The van der Waals surface area contributed by atoms with Crippen LogP contribution < -0.4 is 5.32 Å². The Balaban J connectivity index is 1.69. The number of aromatic nitrogens is 3. The normalized spacial score (nSPS) is 12.2. The van der Waals surface area contributed by atoms with Gasteiger partial charge in [-0.3, -0.25) is 4.79 Å². The quantitative estimate of drug-likeness (QED) is 0.677. The van der Waals surface area contributed by atoms with Crippen LogP contribution in [0, 0.1) is 5.82 Å². The number of benzene rings is 1. The summed E-state index contributed by atoms with van der Waals surface area (Å²) in [5.74, 6) is 0.205. The Morgan fingerprint density at radius 3 is 2.88 bits per heavy atom. The second-order valence-electron chi connectivity index (χ2n) is 5.22. The van der Waals surface area contributed by atoms with Gasteiger partial charge < -0.3 is 14.3 Å². The number of thioether (sulfide) groups is 1. The first-order valence-corrected chi connectivity index (χ1v) is 8.57. The smallest absolute Gasteiger partial charge is 0.237 e. The number of hydrogen-bond acceptors (Lipinski definition) is 5. The van der Waals surface area contributed by atoms with E-state index in [0.29, 0.717) is 16.7 Å². The molecule has 130 valence electrons. The zero-order valence-corrected chi connectivity index (χ0v) is 14.9. The molecule has 1 amide bonds. The molecule has 0 radical (unpaired) electrons. The molecule has 9 heteroatoms. The maximum Gasteiger partial charge on any atom is 0.237 e. The minimum atomic E-state index is -0.586. The van der Waals surface area contributed by atoms with E-state index in [2.05, 4.69) is 15.5 Å². The molecule has 1 atom stereocenters. The summed E-state index contributed by atoms with van der Waals surface area (Å²) in [6, 6.07) is 7.61. The van der Waals surface area contributed by atoms with Crippen LogP contribution >= 0.6 is 23.4 Å². The minimum Gasteiger partial charge on any atom is -0.461 e. The number of hydrogen-bond donors (Lipinski definition) is 1. The third-order valence-electron chi connectivity index (χ3n) is 3.42. The maximum atomic E-state index is 13.8. The van der Waals surface area contributed by atoms with Crippen LogP contribution in [0.15, 0.2) is 46.2 Å². The van der Waals surface area contributed by atoms with Crippen molar-refractivity contribution in [3.05, 3.63) is 47.4 Å². The highest BCUT2D eigenvalue weighted by atomic mass is 35.5. The molecule has 2 aromatic heterocycles. The van der Waals surface area contributed by atoms with Gasteiger partial charge in [0.2, 0.25) is 5.91 Å². The van der Waals surface area contributed by atoms with Crippen LogP contribution in [0.4, 0.5) is 10.1 Å². The van der Waals surface area contributed by atoms with E-state index < -0.39 is 11.1 Å². The lowest BCUT2D eigenvalue weighted by Gasteiger charge is -2.12. The molecule has 1 N–H and O–H groups in total. The molecule has 2 heterocycles. The summed E-state index contributed by atoms with van der Waals surface area (Å²) in [4.78, 5) is 12.3. The summed E-state index contributed by atoms with van der Waals surface area (Å²) in [7, 11) is 1.78. The number of anilines is 1. The van der Waals surface area contributed by atoms with Crippen molar-refractivity contribution in [1.82, 2.24) is 14.8 Å². The second kappa shape index (κ2) is 7.28. The Bertz CT molecular complexity index is 898. The SMILES string of the molecule is C[C@@H](Sc1nnc(-c2ccco2)n1C)C(=O)Nc1ccc(Cl)cc1F. The molecule has 0 aliphatic carbocycles. The Labute approximate surface area is 152 Å². The van der Waals surface area contributed by atoms with Gasteiger partial charge in [0.25, 0.3) is 0 Å². The first-order chi connectivity index (χ1) is 12.0. The maximum absolute atomic E-state index is 13.8. The third-order valence-corrected chi connectivity index (χ3v) is 4.79. The Kier molecular flexibility index (Phi) is 5.10. The van der Waals surface area contributed by atoms with Gasteiger partial charge in [-0.15, -0.1) is 10.2 Å². The van der Waals surface area contributed by atoms with Crippen molar-refractivity contribution >= 4 is 35.0 Å². The highest BCUT2D eigenvalue weighted by Crippen LogP contribution is 2.27. The summed E-state index contributed by atoms with van der Waals surface area (Å²) >= 11 is 6.91. The average Bonchev–Trinajstić information content (AvgIpc) is 3.20. The third kappa shape index (κ3) is 3.85. The lowest BCUT2D eigenvalue weighted by atomic mass is 10.3. The van der Waals surface area contributed by atoms with Crippen LogP contribution in [0.2, 0.25) is 5.02 Å². The Morgan fingerprint density at radius 2 is 2.20 bits per heavy atom. The summed E-state index contributed by atoms with van der Waals surface area (Å²) < 4.78 is 20.8. The van der Waals surface area contributed by atoms with E-state index >= 15 is 0 Å². The van der Waals surface area contributed by atoms with Gasteiger partial charge in [0.15, 0.2) is 16.7 Å². The van der Waals surface area contributed by atoms with E-state index in [1.54, 1.807) is 36.9 Å². The number of amides is 1. The van der Waals surface area contributed by atoms with Crippen molar-refractivity contribution in [2.24, 2.45) is 7.05 Å². The van der Waals surface area contributed by atoms with Gasteiger partial charge in [0.1, 0.15) is 5.82 Å². The van der Waals surface area contributed by atoms with E-state index in [1.165, 1.54) is 23.9 Å². The fourth-order valence-corrected chi connectivity index (χ4v) is 3.05. The first-order valence-electron chi connectivity index (χ1n) is 7.31. The Morgan fingerprint density at radius 1 is 1.40 bits per heavy atom. The molecule has 0 unspecified atom stereocenters. The molecule has 3 rings (SSSR count). The number of nitrogens with one attached hydrogen (secondary N) is 1. The van der Waals surface area contributed by atoms with E-state index in [4.69, 9.17) is 16.0 Å². The van der Waals surface area contributed by atoms with Crippen LogP contribution in [0.3, 0.4) is 0 Å². The standard InChI is InChI=1S/C16H14ClFN4O2S/c1-9(15(23)19-12-6-5-10(17)8-11(12)18)25-16-21-20-14(22(16)2)13-4-3-7-24-13/h3-9H,1-2H3,(H,19,23)/t9-/m1/s1. The molecule has 0 saturated heterocycles. The van der Waals surface area contributed by atoms with Gasteiger partial charge in [-0.1, -0.05) is 23.4 Å². The van der Waals surface area contributed by atoms with E-state index in [1.807, 2.05) is 0 Å². The largest absolute Gasteiger partial charge is 0.461 e. The van der Waals surface area contributed by atoms with E-state index in [9.17, 15) is 9.18 Å². The average molecular weight is 381 g/mol. The van der Waals surface area contributed by atoms with Gasteiger partial charge >= 0.3 is 0 Å². The number of carbonyl (C=O) groups is 1. The number of carbonyl (C=O) groups excluding carboxylic acids is 1. The predicted molar refractivity (Wildman–Crippen MR) is 94.1 cm³/mol. The lowest BCUT2D eigenvalue weighted by Crippen LogP contribution is -2.23.